The molecule has 0 aliphatic carbocycles. The first-order valence-electron chi connectivity index (χ1n) is 8.54. The molecule has 1 aromatic carbocycles. The maximum absolute atomic E-state index is 13.0. The highest BCUT2D eigenvalue weighted by Gasteiger charge is 2.42. The quantitative estimate of drug-likeness (QED) is 0.850. The molecule has 26 heavy (non-hydrogen) atoms. The van der Waals surface area contributed by atoms with Gasteiger partial charge in [-0.3, -0.25) is 4.79 Å². The minimum absolute atomic E-state index is 0.296. The molecule has 1 aromatic rings. The number of piperidine rings is 1. The molecule has 2 N–H and O–H groups in total. The number of aliphatic carboxylic acids is 1. The molecule has 0 bridgehead atoms. The lowest BCUT2D eigenvalue weighted by molar-refractivity contribution is -0.192. The van der Waals surface area contributed by atoms with Crippen LogP contribution in [0.1, 0.15) is 32.3 Å². The van der Waals surface area contributed by atoms with E-state index < -0.39 is 12.1 Å². The molecule has 0 unspecified atom stereocenters. The summed E-state index contributed by atoms with van der Waals surface area (Å²) in [6.07, 6.45) is -3.29. The lowest BCUT2D eigenvalue weighted by Gasteiger charge is -2.40. The summed E-state index contributed by atoms with van der Waals surface area (Å²) >= 11 is 0. The van der Waals surface area contributed by atoms with Crippen molar-refractivity contribution in [1.29, 1.82) is 0 Å². The largest absolute Gasteiger partial charge is 0.490 e. The fourth-order valence-corrected chi connectivity index (χ4v) is 3.05. The van der Waals surface area contributed by atoms with Gasteiger partial charge in [0.2, 0.25) is 5.91 Å². The third-order valence-electron chi connectivity index (χ3n) is 4.49. The molecule has 1 heterocycles. The van der Waals surface area contributed by atoms with E-state index in [0.717, 1.165) is 39.0 Å². The summed E-state index contributed by atoms with van der Waals surface area (Å²) in [5.41, 5.74) is 0.854. The number of nitrogens with zero attached hydrogens (tertiary/aromatic N) is 1. The number of carboxylic acids is 1. The number of likely N-dealkylation sites (N-methyl/N-ethyl adjacent to an activating group) is 1. The van der Waals surface area contributed by atoms with E-state index >= 15 is 0 Å². The molecule has 5 nitrogen and oxygen atoms in total. The van der Waals surface area contributed by atoms with Gasteiger partial charge >= 0.3 is 12.1 Å². The van der Waals surface area contributed by atoms with Crippen molar-refractivity contribution in [3.05, 3.63) is 35.9 Å². The van der Waals surface area contributed by atoms with E-state index in [1.165, 1.54) is 5.56 Å². The van der Waals surface area contributed by atoms with E-state index in [1.807, 2.05) is 23.1 Å². The van der Waals surface area contributed by atoms with Gasteiger partial charge in [-0.15, -0.1) is 0 Å². The van der Waals surface area contributed by atoms with Gasteiger partial charge in [0.1, 0.15) is 0 Å². The maximum Gasteiger partial charge on any atom is 0.490 e. The Bertz CT molecular complexity index is 581. The van der Waals surface area contributed by atoms with E-state index in [-0.39, 0.29) is 5.41 Å². The molecular weight excluding hydrogens is 349 g/mol. The first-order valence-corrected chi connectivity index (χ1v) is 8.54. The van der Waals surface area contributed by atoms with Crippen molar-refractivity contribution in [2.75, 3.05) is 26.2 Å². The molecule has 0 radical (unpaired) electrons. The van der Waals surface area contributed by atoms with Gasteiger partial charge in [-0.1, -0.05) is 30.3 Å². The van der Waals surface area contributed by atoms with Crippen LogP contribution in [0.5, 0.6) is 0 Å². The molecule has 0 saturated carbocycles. The third kappa shape index (κ3) is 5.45. The number of halogens is 3. The third-order valence-corrected chi connectivity index (χ3v) is 4.49. The van der Waals surface area contributed by atoms with Gasteiger partial charge in [-0.05, 0) is 45.3 Å². The zero-order valence-electron chi connectivity index (χ0n) is 15.0. The van der Waals surface area contributed by atoms with Crippen molar-refractivity contribution >= 4 is 11.9 Å². The molecule has 1 saturated heterocycles. The Labute approximate surface area is 151 Å². The first kappa shape index (κ1) is 22.0. The monoisotopic (exact) mass is 374 g/mol. The topological polar surface area (TPSA) is 69.6 Å². The Morgan fingerprint density at radius 3 is 1.96 bits per heavy atom. The highest BCUT2D eigenvalue weighted by atomic mass is 19.4. The number of carboxylic acid groups (broad SMARTS) is 1. The molecule has 0 aromatic heterocycles. The fourth-order valence-electron chi connectivity index (χ4n) is 3.05. The van der Waals surface area contributed by atoms with Crippen LogP contribution in [0.4, 0.5) is 13.2 Å². The molecule has 1 aliphatic rings. The van der Waals surface area contributed by atoms with Gasteiger partial charge in [-0.2, -0.15) is 13.2 Å². The van der Waals surface area contributed by atoms with Gasteiger partial charge in [-0.25, -0.2) is 4.79 Å². The predicted molar refractivity (Wildman–Crippen MR) is 91.8 cm³/mol. The lowest BCUT2D eigenvalue weighted by atomic mass is 9.72. The van der Waals surface area contributed by atoms with Crippen LogP contribution in [-0.2, 0) is 15.0 Å². The second-order valence-corrected chi connectivity index (χ2v) is 5.98. The number of amides is 1. The minimum atomic E-state index is -5.08. The predicted octanol–water partition coefficient (Wildman–Crippen LogP) is 2.81. The van der Waals surface area contributed by atoms with Crippen molar-refractivity contribution < 1.29 is 27.9 Å². The van der Waals surface area contributed by atoms with Gasteiger partial charge in [0.15, 0.2) is 0 Å². The number of carbonyl (C=O) groups is 2. The van der Waals surface area contributed by atoms with Crippen LogP contribution in [0.15, 0.2) is 30.3 Å². The molecular formula is C18H25F3N2O3. The van der Waals surface area contributed by atoms with Crippen LogP contribution in [0, 0.1) is 0 Å². The van der Waals surface area contributed by atoms with Crippen molar-refractivity contribution in [2.24, 2.45) is 0 Å². The second-order valence-electron chi connectivity index (χ2n) is 5.98. The Hall–Kier alpha value is -2.09. The van der Waals surface area contributed by atoms with E-state index in [0.29, 0.717) is 5.91 Å². The van der Waals surface area contributed by atoms with E-state index in [1.54, 1.807) is 0 Å². The average molecular weight is 374 g/mol. The summed E-state index contributed by atoms with van der Waals surface area (Å²) in [6.45, 7) is 7.53. The van der Waals surface area contributed by atoms with Crippen LogP contribution in [0.3, 0.4) is 0 Å². The number of alkyl halides is 3. The fraction of sp³-hybridized carbons (Fsp3) is 0.556. The average Bonchev–Trinajstić information content (AvgIpc) is 2.63. The summed E-state index contributed by atoms with van der Waals surface area (Å²) in [4.78, 5) is 23.8. The van der Waals surface area contributed by atoms with Gasteiger partial charge < -0.3 is 15.3 Å². The number of hydrogen-bond acceptors (Lipinski definition) is 3. The summed E-state index contributed by atoms with van der Waals surface area (Å²) in [5, 5.41) is 10.5. The highest BCUT2D eigenvalue weighted by molar-refractivity contribution is 5.88. The minimum Gasteiger partial charge on any atom is -0.475 e. The lowest BCUT2D eigenvalue weighted by Crippen LogP contribution is -2.52. The van der Waals surface area contributed by atoms with E-state index in [9.17, 15) is 18.0 Å². The van der Waals surface area contributed by atoms with Crippen LogP contribution in [-0.4, -0.2) is 54.2 Å². The van der Waals surface area contributed by atoms with Crippen molar-refractivity contribution in [2.45, 2.75) is 38.3 Å². The number of hydrogen-bond donors (Lipinski definition) is 2. The first-order chi connectivity index (χ1) is 12.2. The van der Waals surface area contributed by atoms with Gasteiger partial charge in [0.05, 0.1) is 5.41 Å². The van der Waals surface area contributed by atoms with Crippen LogP contribution >= 0.6 is 0 Å². The molecule has 8 heteroatoms. The van der Waals surface area contributed by atoms with Crippen molar-refractivity contribution in [3.63, 3.8) is 0 Å². The smallest absolute Gasteiger partial charge is 0.475 e. The van der Waals surface area contributed by atoms with Crippen LogP contribution in [0.2, 0.25) is 0 Å². The molecule has 0 atom stereocenters. The summed E-state index contributed by atoms with van der Waals surface area (Å²) in [5.74, 6) is -2.46. The number of nitrogens with one attached hydrogen (secondary N) is 1. The molecule has 2 rings (SSSR count). The number of carbonyl (C=O) groups excluding carboxylic acids is 1. The number of rotatable bonds is 4. The molecule has 146 valence electrons. The van der Waals surface area contributed by atoms with Crippen molar-refractivity contribution in [3.8, 4) is 0 Å². The van der Waals surface area contributed by atoms with Crippen LogP contribution in [0.25, 0.3) is 0 Å². The Balaban J connectivity index is 0.000000412. The van der Waals surface area contributed by atoms with E-state index in [4.69, 9.17) is 9.90 Å². The highest BCUT2D eigenvalue weighted by Crippen LogP contribution is 2.35. The Morgan fingerprint density at radius 2 is 1.58 bits per heavy atom. The molecule has 1 amide bonds. The van der Waals surface area contributed by atoms with E-state index in [2.05, 4.69) is 31.3 Å². The van der Waals surface area contributed by atoms with Gasteiger partial charge in [0.25, 0.3) is 0 Å². The Kier molecular flexibility index (Phi) is 8.08. The van der Waals surface area contributed by atoms with Crippen molar-refractivity contribution in [1.82, 2.24) is 10.2 Å². The summed E-state index contributed by atoms with van der Waals surface area (Å²) < 4.78 is 31.7. The summed E-state index contributed by atoms with van der Waals surface area (Å²) in [7, 11) is 0. The second kappa shape index (κ2) is 9.56. The normalized spacial score (nSPS) is 16.2. The maximum atomic E-state index is 13.0. The molecule has 1 fully saturated rings. The zero-order chi connectivity index (χ0) is 19.8. The molecule has 0 spiro atoms. The molecule has 1 aliphatic heterocycles. The van der Waals surface area contributed by atoms with Crippen LogP contribution < -0.4 is 5.32 Å². The zero-order valence-corrected chi connectivity index (χ0v) is 15.0. The Morgan fingerprint density at radius 1 is 1.12 bits per heavy atom. The number of benzene rings is 1. The summed E-state index contributed by atoms with van der Waals surface area (Å²) in [6, 6.07) is 10.3. The standard InChI is InChI=1S/C16H24N2O.C2HF3O2/c1-3-18(4-2)15(19)16(10-12-17-13-11-16)14-8-6-5-7-9-14;3-2(4,5)1(6)7/h5-9,17H,3-4,10-13H2,1-2H3;(H,6,7). The van der Waals surface area contributed by atoms with Gasteiger partial charge in [0, 0.05) is 13.1 Å². The SMILES string of the molecule is CCN(CC)C(=O)C1(c2ccccc2)CCNCC1.O=C(O)C(F)(F)F.